The molecular weight excluding hydrogens is 418 g/mol. The van der Waals surface area contributed by atoms with E-state index in [1.165, 1.54) is 0 Å². The molecule has 0 aliphatic carbocycles. The normalized spacial score (nSPS) is 24.3. The number of carbonyl (C=O) groups is 1. The summed E-state index contributed by atoms with van der Waals surface area (Å²) in [6.07, 6.45) is 1.62. The van der Waals surface area contributed by atoms with Crippen LogP contribution in [-0.4, -0.2) is 44.2 Å². The standard InChI is InChI=1S/C22H23N3O5S/c23-14-16-1-5-19(6-2-16)30-20-7-3-17(4-8-20)24-21(26)25-18-9-11-29-22(13-18)10-12-31(27,28)15-22/h1-8,18H,9-13,15H2,(H2,24,25,26)/t18-,22-/m0/s1. The zero-order chi connectivity index (χ0) is 21.9. The van der Waals surface area contributed by atoms with Crippen molar-refractivity contribution in [3.63, 3.8) is 0 Å². The van der Waals surface area contributed by atoms with Crippen LogP contribution in [0.3, 0.4) is 0 Å². The van der Waals surface area contributed by atoms with E-state index in [2.05, 4.69) is 16.7 Å². The zero-order valence-electron chi connectivity index (χ0n) is 16.8. The van der Waals surface area contributed by atoms with E-state index in [0.29, 0.717) is 48.6 Å². The van der Waals surface area contributed by atoms with Gasteiger partial charge in [-0.2, -0.15) is 5.26 Å². The quantitative estimate of drug-likeness (QED) is 0.752. The lowest BCUT2D eigenvalue weighted by Crippen LogP contribution is -2.50. The minimum Gasteiger partial charge on any atom is -0.457 e. The van der Waals surface area contributed by atoms with Crippen molar-refractivity contribution < 1.29 is 22.7 Å². The molecule has 0 aromatic heterocycles. The average Bonchev–Trinajstić information content (AvgIpc) is 3.03. The summed E-state index contributed by atoms with van der Waals surface area (Å²) in [6.45, 7) is 0.432. The van der Waals surface area contributed by atoms with Gasteiger partial charge in [-0.25, -0.2) is 13.2 Å². The largest absolute Gasteiger partial charge is 0.457 e. The molecule has 1 spiro atoms. The SMILES string of the molecule is N#Cc1ccc(Oc2ccc(NC(=O)N[C@H]3CCO[C@@]4(CCS(=O)(=O)C4)C3)cc2)cc1. The Labute approximate surface area is 181 Å². The van der Waals surface area contributed by atoms with Gasteiger partial charge >= 0.3 is 6.03 Å². The summed E-state index contributed by atoms with van der Waals surface area (Å²) < 4.78 is 35.2. The maximum atomic E-state index is 12.4. The van der Waals surface area contributed by atoms with Crippen LogP contribution in [0.5, 0.6) is 11.5 Å². The number of amides is 2. The molecule has 31 heavy (non-hydrogen) atoms. The van der Waals surface area contributed by atoms with Crippen LogP contribution in [0.2, 0.25) is 0 Å². The smallest absolute Gasteiger partial charge is 0.319 e. The molecule has 2 aliphatic rings. The van der Waals surface area contributed by atoms with Gasteiger partial charge in [-0.1, -0.05) is 0 Å². The summed E-state index contributed by atoms with van der Waals surface area (Å²) in [5.74, 6) is 1.38. The fourth-order valence-corrected chi connectivity index (χ4v) is 5.98. The van der Waals surface area contributed by atoms with Crippen LogP contribution in [0, 0.1) is 11.3 Å². The van der Waals surface area contributed by atoms with Crippen LogP contribution < -0.4 is 15.4 Å². The number of rotatable bonds is 4. The van der Waals surface area contributed by atoms with Crippen molar-refractivity contribution in [2.75, 3.05) is 23.4 Å². The lowest BCUT2D eigenvalue weighted by molar-refractivity contribution is -0.0685. The first kappa shape index (κ1) is 21.2. The zero-order valence-corrected chi connectivity index (χ0v) is 17.7. The van der Waals surface area contributed by atoms with E-state index in [1.54, 1.807) is 48.5 Å². The van der Waals surface area contributed by atoms with Crippen LogP contribution in [0.25, 0.3) is 0 Å². The van der Waals surface area contributed by atoms with Gasteiger partial charge in [0.05, 0.1) is 28.7 Å². The third kappa shape index (κ3) is 5.34. The van der Waals surface area contributed by atoms with Gasteiger partial charge < -0.3 is 20.1 Å². The number of nitrogens with zero attached hydrogens (tertiary/aromatic N) is 1. The topological polar surface area (TPSA) is 118 Å². The number of benzene rings is 2. The molecule has 9 heteroatoms. The fourth-order valence-electron chi connectivity index (χ4n) is 4.00. The van der Waals surface area contributed by atoms with Gasteiger partial charge in [0.2, 0.25) is 0 Å². The van der Waals surface area contributed by atoms with Crippen LogP contribution in [0.15, 0.2) is 48.5 Å². The number of hydrogen-bond donors (Lipinski definition) is 2. The van der Waals surface area contributed by atoms with Crippen molar-refractivity contribution in [1.82, 2.24) is 5.32 Å². The number of hydrogen-bond acceptors (Lipinski definition) is 6. The molecule has 0 unspecified atom stereocenters. The highest BCUT2D eigenvalue weighted by Gasteiger charge is 2.46. The molecule has 4 rings (SSSR count). The van der Waals surface area contributed by atoms with Gasteiger partial charge in [0, 0.05) is 18.3 Å². The van der Waals surface area contributed by atoms with E-state index in [1.807, 2.05) is 0 Å². The van der Waals surface area contributed by atoms with Gasteiger partial charge in [0.25, 0.3) is 0 Å². The first-order valence-corrected chi connectivity index (χ1v) is 11.9. The molecule has 2 heterocycles. The number of urea groups is 1. The Morgan fingerprint density at radius 3 is 2.42 bits per heavy atom. The molecule has 162 valence electrons. The van der Waals surface area contributed by atoms with E-state index in [-0.39, 0.29) is 23.6 Å². The third-order valence-corrected chi connectivity index (χ3v) is 7.30. The fraction of sp³-hybridized carbons (Fsp3) is 0.364. The summed E-state index contributed by atoms with van der Waals surface area (Å²) in [5, 5.41) is 14.6. The maximum Gasteiger partial charge on any atom is 0.319 e. The molecule has 0 radical (unpaired) electrons. The van der Waals surface area contributed by atoms with Crippen LogP contribution in [0.4, 0.5) is 10.5 Å². The second kappa shape index (κ2) is 8.57. The highest BCUT2D eigenvalue weighted by molar-refractivity contribution is 7.91. The van der Waals surface area contributed by atoms with Crippen molar-refractivity contribution in [2.24, 2.45) is 0 Å². The van der Waals surface area contributed by atoms with E-state index >= 15 is 0 Å². The Kier molecular flexibility index (Phi) is 5.85. The van der Waals surface area contributed by atoms with Crippen molar-refractivity contribution in [3.05, 3.63) is 54.1 Å². The molecule has 0 saturated carbocycles. The molecule has 2 saturated heterocycles. The lowest BCUT2D eigenvalue weighted by Gasteiger charge is -2.37. The molecule has 2 amide bonds. The van der Waals surface area contributed by atoms with Crippen molar-refractivity contribution in [3.8, 4) is 17.6 Å². The number of nitrogens with one attached hydrogen (secondary N) is 2. The van der Waals surface area contributed by atoms with Crippen molar-refractivity contribution in [2.45, 2.75) is 30.9 Å². The highest BCUT2D eigenvalue weighted by Crippen LogP contribution is 2.35. The first-order chi connectivity index (χ1) is 14.8. The van der Waals surface area contributed by atoms with Crippen LogP contribution in [-0.2, 0) is 14.6 Å². The Morgan fingerprint density at radius 2 is 1.81 bits per heavy atom. The van der Waals surface area contributed by atoms with E-state index < -0.39 is 15.4 Å². The molecule has 2 N–H and O–H groups in total. The molecule has 2 fully saturated rings. The van der Waals surface area contributed by atoms with E-state index in [0.717, 1.165) is 0 Å². The van der Waals surface area contributed by atoms with Crippen molar-refractivity contribution in [1.29, 1.82) is 5.26 Å². The van der Waals surface area contributed by atoms with Gasteiger partial charge in [-0.3, -0.25) is 0 Å². The molecule has 2 aromatic carbocycles. The molecule has 0 bridgehead atoms. The second-order valence-corrected chi connectivity index (χ2v) is 10.1. The molecular formula is C22H23N3O5S. The number of anilines is 1. The van der Waals surface area contributed by atoms with Gasteiger partial charge in [0.15, 0.2) is 9.84 Å². The third-order valence-electron chi connectivity index (χ3n) is 5.51. The Morgan fingerprint density at radius 1 is 1.13 bits per heavy atom. The molecule has 8 nitrogen and oxygen atoms in total. The Bertz CT molecular complexity index is 1090. The van der Waals surface area contributed by atoms with Gasteiger partial charge in [-0.05, 0) is 67.8 Å². The summed E-state index contributed by atoms with van der Waals surface area (Å²) in [7, 11) is -3.06. The minimum atomic E-state index is -3.06. The average molecular weight is 442 g/mol. The minimum absolute atomic E-state index is 0.0283. The molecule has 2 atom stereocenters. The first-order valence-electron chi connectivity index (χ1n) is 10.0. The number of ether oxygens (including phenoxy) is 2. The summed E-state index contributed by atoms with van der Waals surface area (Å²) in [4.78, 5) is 12.4. The maximum absolute atomic E-state index is 12.4. The lowest BCUT2D eigenvalue weighted by atomic mass is 9.90. The molecule has 2 aliphatic heterocycles. The highest BCUT2D eigenvalue weighted by atomic mass is 32.2. The molecule has 2 aromatic rings. The second-order valence-electron chi connectivity index (χ2n) is 7.92. The Balaban J connectivity index is 1.30. The van der Waals surface area contributed by atoms with Gasteiger partial charge in [0.1, 0.15) is 11.5 Å². The van der Waals surface area contributed by atoms with E-state index in [4.69, 9.17) is 14.7 Å². The van der Waals surface area contributed by atoms with Crippen LogP contribution in [0.1, 0.15) is 24.8 Å². The van der Waals surface area contributed by atoms with E-state index in [9.17, 15) is 13.2 Å². The van der Waals surface area contributed by atoms with Gasteiger partial charge in [-0.15, -0.1) is 0 Å². The predicted molar refractivity (Wildman–Crippen MR) is 115 cm³/mol. The Hall–Kier alpha value is -3.09. The summed E-state index contributed by atoms with van der Waals surface area (Å²) in [6, 6.07) is 15.3. The summed E-state index contributed by atoms with van der Waals surface area (Å²) >= 11 is 0. The summed E-state index contributed by atoms with van der Waals surface area (Å²) in [5.41, 5.74) is 0.497. The predicted octanol–water partition coefficient (Wildman–Crippen LogP) is 3.21. The van der Waals surface area contributed by atoms with Crippen LogP contribution >= 0.6 is 0 Å². The number of sulfone groups is 1. The number of nitriles is 1. The van der Waals surface area contributed by atoms with Crippen molar-refractivity contribution >= 4 is 21.6 Å². The monoisotopic (exact) mass is 441 g/mol. The number of carbonyl (C=O) groups excluding carboxylic acids is 1.